The van der Waals surface area contributed by atoms with Crippen LogP contribution in [0.1, 0.15) is 22.8 Å². The van der Waals surface area contributed by atoms with Gasteiger partial charge in [-0.1, -0.05) is 19.1 Å². The first-order chi connectivity index (χ1) is 7.63. The highest BCUT2D eigenvalue weighted by Gasteiger charge is 2.03. The molecule has 0 amide bonds. The van der Waals surface area contributed by atoms with Crippen molar-refractivity contribution in [1.29, 1.82) is 0 Å². The minimum absolute atomic E-state index is 0.337. The van der Waals surface area contributed by atoms with E-state index >= 15 is 0 Å². The molecule has 0 aromatic heterocycles. The van der Waals surface area contributed by atoms with Gasteiger partial charge < -0.3 is 10.8 Å². The van der Waals surface area contributed by atoms with Gasteiger partial charge in [-0.05, 0) is 35.9 Å². The van der Waals surface area contributed by atoms with Crippen LogP contribution in [0.2, 0.25) is 0 Å². The van der Waals surface area contributed by atoms with Crippen LogP contribution in [0.3, 0.4) is 0 Å². The van der Waals surface area contributed by atoms with Crippen LogP contribution in [0.25, 0.3) is 0 Å². The number of aromatic carboxylic acids is 1. The highest BCUT2D eigenvalue weighted by Crippen LogP contribution is 2.15. The molecular weight excluding hydrogens is 222 g/mol. The Morgan fingerprint density at radius 3 is 2.56 bits per heavy atom. The van der Waals surface area contributed by atoms with E-state index in [9.17, 15) is 4.79 Å². The van der Waals surface area contributed by atoms with Gasteiger partial charge in [0.05, 0.1) is 5.56 Å². The number of carboxylic acid groups (broad SMARTS) is 1. The summed E-state index contributed by atoms with van der Waals surface area (Å²) in [7, 11) is 0. The van der Waals surface area contributed by atoms with Crippen LogP contribution in [-0.2, 0) is 5.75 Å². The third-order valence-corrected chi connectivity index (χ3v) is 3.62. The molecule has 0 aliphatic heterocycles. The molecule has 3 nitrogen and oxygen atoms in total. The fraction of sp³-hybridized carbons (Fsp3) is 0.417. The van der Waals surface area contributed by atoms with Crippen molar-refractivity contribution in [3.05, 3.63) is 35.4 Å². The molecule has 3 N–H and O–H groups in total. The summed E-state index contributed by atoms with van der Waals surface area (Å²) >= 11 is 1.83. The predicted molar refractivity (Wildman–Crippen MR) is 67.8 cm³/mol. The molecule has 1 rings (SSSR count). The molecule has 0 heterocycles. The zero-order valence-electron chi connectivity index (χ0n) is 9.35. The number of hydrogen-bond acceptors (Lipinski definition) is 3. The van der Waals surface area contributed by atoms with Gasteiger partial charge in [0.15, 0.2) is 0 Å². The van der Waals surface area contributed by atoms with Gasteiger partial charge in [-0.25, -0.2) is 4.79 Å². The zero-order valence-corrected chi connectivity index (χ0v) is 10.2. The molecule has 0 spiro atoms. The summed E-state index contributed by atoms with van der Waals surface area (Å²) in [5, 5.41) is 8.74. The molecule has 0 saturated carbocycles. The third kappa shape index (κ3) is 4.24. The summed E-state index contributed by atoms with van der Waals surface area (Å²) in [6, 6.07) is 7.02. The molecule has 1 unspecified atom stereocenters. The summed E-state index contributed by atoms with van der Waals surface area (Å²) < 4.78 is 0. The van der Waals surface area contributed by atoms with Crippen molar-refractivity contribution in [1.82, 2.24) is 0 Å². The number of benzene rings is 1. The SMILES string of the molecule is CC(CN)CSCc1ccc(C(=O)O)cc1. The third-order valence-electron chi connectivity index (χ3n) is 2.27. The van der Waals surface area contributed by atoms with E-state index in [1.807, 2.05) is 23.9 Å². The lowest BCUT2D eigenvalue weighted by atomic mass is 10.1. The summed E-state index contributed by atoms with van der Waals surface area (Å²) in [5.41, 5.74) is 7.02. The van der Waals surface area contributed by atoms with Crippen molar-refractivity contribution in [2.24, 2.45) is 11.7 Å². The second-order valence-electron chi connectivity index (χ2n) is 3.86. The molecule has 0 radical (unpaired) electrons. The van der Waals surface area contributed by atoms with E-state index < -0.39 is 5.97 Å². The molecule has 0 aliphatic rings. The van der Waals surface area contributed by atoms with Gasteiger partial charge >= 0.3 is 5.97 Å². The van der Waals surface area contributed by atoms with Gasteiger partial charge in [0.1, 0.15) is 0 Å². The van der Waals surface area contributed by atoms with E-state index in [0.29, 0.717) is 18.0 Å². The lowest BCUT2D eigenvalue weighted by Crippen LogP contribution is -2.12. The monoisotopic (exact) mass is 239 g/mol. The molecular formula is C12H17NO2S. The van der Waals surface area contributed by atoms with E-state index in [-0.39, 0.29) is 0 Å². The second-order valence-corrected chi connectivity index (χ2v) is 4.89. The van der Waals surface area contributed by atoms with Crippen LogP contribution < -0.4 is 5.73 Å². The predicted octanol–water partition coefficient (Wildman–Crippen LogP) is 2.21. The molecule has 4 heteroatoms. The topological polar surface area (TPSA) is 63.3 Å². The first-order valence-electron chi connectivity index (χ1n) is 5.23. The average molecular weight is 239 g/mol. The molecule has 0 aliphatic carbocycles. The van der Waals surface area contributed by atoms with Crippen LogP contribution >= 0.6 is 11.8 Å². The summed E-state index contributed by atoms with van der Waals surface area (Å²) in [4.78, 5) is 10.6. The number of rotatable bonds is 6. The number of nitrogens with two attached hydrogens (primary N) is 1. The van der Waals surface area contributed by atoms with Gasteiger partial charge in [0.25, 0.3) is 0 Å². The van der Waals surface area contributed by atoms with E-state index in [2.05, 4.69) is 6.92 Å². The first kappa shape index (κ1) is 13.1. The van der Waals surface area contributed by atoms with E-state index in [4.69, 9.17) is 10.8 Å². The molecule has 0 bridgehead atoms. The standard InChI is InChI=1S/C12H17NO2S/c1-9(6-13)7-16-8-10-2-4-11(5-3-10)12(14)15/h2-5,9H,6-8,13H2,1H3,(H,14,15). The Bertz CT molecular complexity index is 337. The van der Waals surface area contributed by atoms with Crippen molar-refractivity contribution in [2.45, 2.75) is 12.7 Å². The summed E-state index contributed by atoms with van der Waals surface area (Å²) in [6.45, 7) is 2.84. The summed E-state index contributed by atoms with van der Waals surface area (Å²) in [5.74, 6) is 1.60. The molecule has 0 fully saturated rings. The maximum Gasteiger partial charge on any atom is 0.335 e. The molecule has 16 heavy (non-hydrogen) atoms. The Labute approximate surface area is 100 Å². The Balaban J connectivity index is 2.40. The minimum atomic E-state index is -0.879. The molecule has 88 valence electrons. The van der Waals surface area contributed by atoms with Crippen LogP contribution in [0.15, 0.2) is 24.3 Å². The number of carbonyl (C=O) groups is 1. The van der Waals surface area contributed by atoms with Gasteiger partial charge in [-0.3, -0.25) is 0 Å². The normalized spacial score (nSPS) is 12.4. The van der Waals surface area contributed by atoms with Crippen molar-refractivity contribution < 1.29 is 9.90 Å². The van der Waals surface area contributed by atoms with Crippen molar-refractivity contribution in [3.63, 3.8) is 0 Å². The van der Waals surface area contributed by atoms with Crippen molar-refractivity contribution in [3.8, 4) is 0 Å². The number of carboxylic acids is 1. The Morgan fingerprint density at radius 2 is 2.06 bits per heavy atom. The lowest BCUT2D eigenvalue weighted by Gasteiger charge is -2.07. The molecule has 1 atom stereocenters. The maximum absolute atomic E-state index is 10.6. The maximum atomic E-state index is 10.6. The van der Waals surface area contributed by atoms with Gasteiger partial charge in [-0.15, -0.1) is 0 Å². The van der Waals surface area contributed by atoms with E-state index in [1.54, 1.807) is 12.1 Å². The van der Waals surface area contributed by atoms with Crippen LogP contribution in [-0.4, -0.2) is 23.4 Å². The Hall–Kier alpha value is -1.00. The lowest BCUT2D eigenvalue weighted by molar-refractivity contribution is 0.0697. The molecule has 1 aromatic rings. The van der Waals surface area contributed by atoms with Crippen LogP contribution in [0.5, 0.6) is 0 Å². The Kier molecular flexibility index (Phi) is 5.35. The van der Waals surface area contributed by atoms with E-state index in [1.165, 1.54) is 0 Å². The quantitative estimate of drug-likeness (QED) is 0.799. The summed E-state index contributed by atoms with van der Waals surface area (Å²) in [6.07, 6.45) is 0. The smallest absolute Gasteiger partial charge is 0.335 e. The first-order valence-corrected chi connectivity index (χ1v) is 6.39. The largest absolute Gasteiger partial charge is 0.478 e. The highest BCUT2D eigenvalue weighted by molar-refractivity contribution is 7.98. The van der Waals surface area contributed by atoms with Crippen molar-refractivity contribution >= 4 is 17.7 Å². The van der Waals surface area contributed by atoms with Gasteiger partial charge in [-0.2, -0.15) is 11.8 Å². The minimum Gasteiger partial charge on any atom is -0.478 e. The van der Waals surface area contributed by atoms with Gasteiger partial charge in [0, 0.05) is 5.75 Å². The second kappa shape index (κ2) is 6.55. The van der Waals surface area contributed by atoms with Crippen molar-refractivity contribution in [2.75, 3.05) is 12.3 Å². The van der Waals surface area contributed by atoms with E-state index in [0.717, 1.165) is 17.1 Å². The van der Waals surface area contributed by atoms with Crippen LogP contribution in [0, 0.1) is 5.92 Å². The zero-order chi connectivity index (χ0) is 12.0. The number of hydrogen-bond donors (Lipinski definition) is 2. The van der Waals surface area contributed by atoms with Crippen LogP contribution in [0.4, 0.5) is 0 Å². The average Bonchev–Trinajstić information content (AvgIpc) is 2.29. The number of thioether (sulfide) groups is 1. The highest BCUT2D eigenvalue weighted by atomic mass is 32.2. The fourth-order valence-electron chi connectivity index (χ4n) is 1.19. The molecule has 0 saturated heterocycles. The van der Waals surface area contributed by atoms with Gasteiger partial charge in [0.2, 0.25) is 0 Å². The fourth-order valence-corrected chi connectivity index (χ4v) is 2.27. The molecule has 1 aromatic carbocycles. The Morgan fingerprint density at radius 1 is 1.44 bits per heavy atom.